The molecule has 2 fully saturated rings. The van der Waals surface area contributed by atoms with Gasteiger partial charge >= 0.3 is 11.8 Å². The monoisotopic (exact) mass is 224 g/mol. The van der Waals surface area contributed by atoms with E-state index in [9.17, 15) is 9.59 Å². The number of carbonyl (C=O) groups is 2. The summed E-state index contributed by atoms with van der Waals surface area (Å²) >= 11 is 0. The molecule has 0 spiro atoms. The van der Waals surface area contributed by atoms with E-state index in [2.05, 4.69) is 27.6 Å². The van der Waals surface area contributed by atoms with Gasteiger partial charge in [-0.25, -0.2) is 0 Å². The van der Waals surface area contributed by atoms with E-state index >= 15 is 0 Å². The van der Waals surface area contributed by atoms with Crippen LogP contribution in [0.1, 0.15) is 12.8 Å². The molecule has 0 aliphatic carbocycles. The molecule has 2 heterocycles. The number of nitrogens with one attached hydrogen (secondary N) is 2. The highest BCUT2D eigenvalue weighted by Crippen LogP contribution is 2.14. The minimum Gasteiger partial charge on any atom is -0.306 e. The van der Waals surface area contributed by atoms with Gasteiger partial charge in [-0.05, 0) is 32.4 Å². The molecule has 6 heteroatoms. The summed E-state index contributed by atoms with van der Waals surface area (Å²) < 4.78 is 0. The van der Waals surface area contributed by atoms with Crippen LogP contribution in [0, 0.1) is 5.92 Å². The summed E-state index contributed by atoms with van der Waals surface area (Å²) in [5.74, 6) is -0.442. The molecule has 0 radical (unpaired) electrons. The molecule has 2 amide bonds. The van der Waals surface area contributed by atoms with Crippen molar-refractivity contribution in [2.75, 3.05) is 26.7 Å². The quantitative estimate of drug-likeness (QED) is 0.587. The Morgan fingerprint density at radius 1 is 1.38 bits per heavy atom. The van der Waals surface area contributed by atoms with Crippen molar-refractivity contribution in [1.29, 1.82) is 0 Å². The van der Waals surface area contributed by atoms with E-state index in [0.29, 0.717) is 18.4 Å². The Balaban J connectivity index is 1.84. The normalized spacial score (nSPS) is 26.6. The van der Waals surface area contributed by atoms with Gasteiger partial charge in [0.25, 0.3) is 0 Å². The first-order valence-corrected chi connectivity index (χ1v) is 5.50. The third kappa shape index (κ3) is 2.57. The molecule has 6 nitrogen and oxygen atoms in total. The third-order valence-corrected chi connectivity index (χ3v) is 2.90. The Bertz CT molecular complexity index is 322. The van der Waals surface area contributed by atoms with Crippen LogP contribution in [0.5, 0.6) is 0 Å². The van der Waals surface area contributed by atoms with Crippen LogP contribution in [-0.4, -0.2) is 49.4 Å². The molecular weight excluding hydrogens is 208 g/mol. The molecule has 2 saturated heterocycles. The minimum absolute atomic E-state index is 0.295. The van der Waals surface area contributed by atoms with Gasteiger partial charge in [0.05, 0.1) is 0 Å². The number of rotatable bonds is 2. The molecule has 0 saturated carbocycles. The van der Waals surface area contributed by atoms with Crippen molar-refractivity contribution in [3.63, 3.8) is 0 Å². The zero-order valence-corrected chi connectivity index (χ0v) is 9.32. The van der Waals surface area contributed by atoms with Crippen LogP contribution in [-0.2, 0) is 9.59 Å². The van der Waals surface area contributed by atoms with E-state index in [1.54, 1.807) is 0 Å². The Morgan fingerprint density at radius 3 is 2.69 bits per heavy atom. The fourth-order valence-electron chi connectivity index (χ4n) is 2.08. The van der Waals surface area contributed by atoms with E-state index in [4.69, 9.17) is 0 Å². The van der Waals surface area contributed by atoms with Gasteiger partial charge in [0.2, 0.25) is 5.96 Å². The molecule has 0 aromatic carbocycles. The third-order valence-electron chi connectivity index (χ3n) is 2.90. The second kappa shape index (κ2) is 4.61. The van der Waals surface area contributed by atoms with Crippen LogP contribution in [0.3, 0.4) is 0 Å². The van der Waals surface area contributed by atoms with Crippen molar-refractivity contribution in [1.82, 2.24) is 15.5 Å². The van der Waals surface area contributed by atoms with Crippen molar-refractivity contribution in [3.8, 4) is 0 Å². The van der Waals surface area contributed by atoms with Crippen molar-refractivity contribution in [2.24, 2.45) is 10.9 Å². The van der Waals surface area contributed by atoms with Crippen LogP contribution in [0.15, 0.2) is 4.99 Å². The summed E-state index contributed by atoms with van der Waals surface area (Å²) in [5.41, 5.74) is 0. The van der Waals surface area contributed by atoms with Crippen LogP contribution >= 0.6 is 0 Å². The van der Waals surface area contributed by atoms with Crippen LogP contribution in [0.4, 0.5) is 0 Å². The first-order valence-electron chi connectivity index (χ1n) is 5.50. The Hall–Kier alpha value is -1.43. The average molecular weight is 224 g/mol. The Morgan fingerprint density at radius 2 is 2.06 bits per heavy atom. The summed E-state index contributed by atoms with van der Waals surface area (Å²) in [6.07, 6.45) is 2.34. The number of piperidine rings is 1. The molecular formula is C10H16N4O2. The summed E-state index contributed by atoms with van der Waals surface area (Å²) in [4.78, 5) is 28.2. The van der Waals surface area contributed by atoms with Crippen molar-refractivity contribution in [2.45, 2.75) is 12.8 Å². The number of nitrogens with zero attached hydrogens (tertiary/aromatic N) is 2. The number of carbonyl (C=O) groups excluding carboxylic acids is 2. The highest BCUT2D eigenvalue weighted by molar-refractivity contribution is 6.45. The lowest BCUT2D eigenvalue weighted by molar-refractivity contribution is -0.135. The number of hydrogen-bond acceptors (Lipinski definition) is 4. The number of likely N-dealkylation sites (tertiary alicyclic amines) is 1. The molecule has 2 rings (SSSR count). The van der Waals surface area contributed by atoms with Gasteiger partial charge in [-0.3, -0.25) is 25.2 Å². The predicted octanol–water partition coefficient (Wildman–Crippen LogP) is -1.07. The maximum absolute atomic E-state index is 10.9. The molecule has 0 aromatic rings. The molecule has 2 aliphatic rings. The minimum atomic E-state index is -0.625. The van der Waals surface area contributed by atoms with Crippen molar-refractivity contribution in [3.05, 3.63) is 0 Å². The van der Waals surface area contributed by atoms with Crippen LogP contribution in [0.2, 0.25) is 0 Å². The topological polar surface area (TPSA) is 73.8 Å². The van der Waals surface area contributed by atoms with E-state index in [1.165, 1.54) is 6.42 Å². The van der Waals surface area contributed by atoms with E-state index in [1.807, 2.05) is 0 Å². The first-order chi connectivity index (χ1) is 7.65. The molecule has 0 bridgehead atoms. The van der Waals surface area contributed by atoms with Gasteiger partial charge in [0.15, 0.2) is 0 Å². The summed E-state index contributed by atoms with van der Waals surface area (Å²) in [6.45, 7) is 2.82. The van der Waals surface area contributed by atoms with E-state index < -0.39 is 11.8 Å². The fourth-order valence-corrected chi connectivity index (χ4v) is 2.08. The molecule has 2 N–H and O–H groups in total. The van der Waals surface area contributed by atoms with Gasteiger partial charge in [0.1, 0.15) is 0 Å². The van der Waals surface area contributed by atoms with Crippen LogP contribution < -0.4 is 10.6 Å². The summed E-state index contributed by atoms with van der Waals surface area (Å²) in [5, 5.41) is 4.78. The lowest BCUT2D eigenvalue weighted by Gasteiger charge is -2.28. The summed E-state index contributed by atoms with van der Waals surface area (Å²) in [6, 6.07) is 0. The Labute approximate surface area is 94.1 Å². The van der Waals surface area contributed by atoms with E-state index in [-0.39, 0.29) is 0 Å². The SMILES string of the molecule is CN1CCCC(CN=C2NC(=O)C(=O)N2)C1. The second-order valence-corrected chi connectivity index (χ2v) is 4.37. The number of amides is 2. The van der Waals surface area contributed by atoms with Gasteiger partial charge < -0.3 is 4.90 Å². The highest BCUT2D eigenvalue weighted by atomic mass is 16.2. The molecule has 16 heavy (non-hydrogen) atoms. The smallest absolute Gasteiger partial charge is 0.306 e. The zero-order valence-electron chi connectivity index (χ0n) is 9.32. The molecule has 1 atom stereocenters. The maximum atomic E-state index is 10.9. The van der Waals surface area contributed by atoms with Gasteiger partial charge in [-0.15, -0.1) is 0 Å². The number of aliphatic imine (C=N–C) groups is 1. The van der Waals surface area contributed by atoms with Gasteiger partial charge in [0, 0.05) is 13.1 Å². The average Bonchev–Trinajstić information content (AvgIpc) is 2.56. The van der Waals surface area contributed by atoms with Crippen molar-refractivity contribution < 1.29 is 9.59 Å². The van der Waals surface area contributed by atoms with Gasteiger partial charge in [-0.1, -0.05) is 0 Å². The molecule has 1 unspecified atom stereocenters. The molecule has 0 aromatic heterocycles. The second-order valence-electron chi connectivity index (χ2n) is 4.37. The first kappa shape index (κ1) is 11.1. The lowest BCUT2D eigenvalue weighted by Crippen LogP contribution is -2.34. The maximum Gasteiger partial charge on any atom is 0.316 e. The molecule has 88 valence electrons. The standard InChI is InChI=1S/C10H16N4O2/c1-14-4-2-3-7(6-14)5-11-10-12-8(15)9(16)13-10/h7H,2-6H2,1H3,(H2,11,12,13,15,16). The van der Waals surface area contributed by atoms with E-state index in [0.717, 1.165) is 19.5 Å². The highest BCUT2D eigenvalue weighted by Gasteiger charge is 2.25. The fraction of sp³-hybridized carbons (Fsp3) is 0.700. The van der Waals surface area contributed by atoms with Gasteiger partial charge in [-0.2, -0.15) is 0 Å². The Kier molecular flexibility index (Phi) is 3.19. The largest absolute Gasteiger partial charge is 0.316 e. The molecule has 2 aliphatic heterocycles. The zero-order chi connectivity index (χ0) is 11.5. The lowest BCUT2D eigenvalue weighted by atomic mass is 9.99. The number of hydrogen-bond donors (Lipinski definition) is 2. The predicted molar refractivity (Wildman–Crippen MR) is 58.8 cm³/mol. The van der Waals surface area contributed by atoms with Crippen molar-refractivity contribution >= 4 is 17.8 Å². The van der Waals surface area contributed by atoms with Crippen LogP contribution in [0.25, 0.3) is 0 Å². The summed E-state index contributed by atoms with van der Waals surface area (Å²) in [7, 11) is 2.10. The number of guanidine groups is 1.